The van der Waals surface area contributed by atoms with E-state index in [4.69, 9.17) is 9.47 Å². The first-order chi connectivity index (χ1) is 10.7. The van der Waals surface area contributed by atoms with E-state index in [-0.39, 0.29) is 18.5 Å². The Kier molecular flexibility index (Phi) is 6.23. The zero-order chi connectivity index (χ0) is 15.8. The summed E-state index contributed by atoms with van der Waals surface area (Å²) in [5.41, 5.74) is 1.25. The molecule has 0 aromatic heterocycles. The topological polar surface area (TPSA) is 52.6 Å². The fourth-order valence-electron chi connectivity index (χ4n) is 2.70. The molecule has 1 aliphatic rings. The molecule has 22 heavy (non-hydrogen) atoms. The Balaban J connectivity index is 1.84. The molecule has 0 bridgehead atoms. The number of methoxy groups -OCH3 is 1. The summed E-state index contributed by atoms with van der Waals surface area (Å²) in [5, 5.41) is 0. The molecular weight excluding hydrogens is 280 g/mol. The Labute approximate surface area is 131 Å². The Morgan fingerprint density at radius 3 is 2.41 bits per heavy atom. The highest BCUT2D eigenvalue weighted by molar-refractivity contribution is 5.89. The second-order valence-electron chi connectivity index (χ2n) is 5.56. The molecule has 0 atom stereocenters. The average molecular weight is 302 g/mol. The van der Waals surface area contributed by atoms with Crippen molar-refractivity contribution in [3.05, 3.63) is 29.8 Å². The fraction of sp³-hybridized carbons (Fsp3) is 0.500. The summed E-state index contributed by atoms with van der Waals surface area (Å²) in [4.78, 5) is 23.0. The number of benzene rings is 1. The smallest absolute Gasteiger partial charge is 0.306 e. The van der Waals surface area contributed by atoms with Crippen molar-refractivity contribution in [2.24, 2.45) is 0 Å². The van der Waals surface area contributed by atoms with E-state index in [0.717, 1.165) is 37.0 Å². The number of hydrogen-bond acceptors (Lipinski definition) is 4. The van der Waals surface area contributed by atoms with Crippen LogP contribution < -0.4 is 4.74 Å². The van der Waals surface area contributed by atoms with E-state index in [9.17, 15) is 9.59 Å². The standard InChI is InChI=1S/C18H22O4/c1-21-16-10-7-14(8-11-16)15(13-19)9-12-18(20)22-17-5-3-2-4-6-17/h7-8,10-11,17H,2-6,9,12H2,1H3. The third-order valence-corrected chi connectivity index (χ3v) is 3.99. The van der Waals surface area contributed by atoms with Gasteiger partial charge in [-0.25, -0.2) is 4.79 Å². The summed E-state index contributed by atoms with van der Waals surface area (Å²) in [6.07, 6.45) is 6.03. The number of esters is 1. The highest BCUT2D eigenvalue weighted by Crippen LogP contribution is 2.23. The lowest BCUT2D eigenvalue weighted by atomic mass is 9.97. The lowest BCUT2D eigenvalue weighted by molar-refractivity contribution is -0.150. The zero-order valence-corrected chi connectivity index (χ0v) is 13.0. The van der Waals surface area contributed by atoms with Crippen molar-refractivity contribution < 1.29 is 19.1 Å². The molecule has 4 heteroatoms. The predicted molar refractivity (Wildman–Crippen MR) is 84.3 cm³/mol. The van der Waals surface area contributed by atoms with Crippen LogP contribution in [-0.2, 0) is 14.3 Å². The van der Waals surface area contributed by atoms with Gasteiger partial charge in [-0.1, -0.05) is 18.6 Å². The van der Waals surface area contributed by atoms with Crippen LogP contribution in [0.2, 0.25) is 0 Å². The molecule has 1 saturated carbocycles. The van der Waals surface area contributed by atoms with Crippen molar-refractivity contribution in [1.82, 2.24) is 0 Å². The van der Waals surface area contributed by atoms with Crippen LogP contribution in [0.1, 0.15) is 50.5 Å². The van der Waals surface area contributed by atoms with Gasteiger partial charge in [-0.05, 0) is 49.8 Å². The summed E-state index contributed by atoms with van der Waals surface area (Å²) in [6.45, 7) is 0. The third-order valence-electron chi connectivity index (χ3n) is 3.99. The van der Waals surface area contributed by atoms with Gasteiger partial charge >= 0.3 is 5.97 Å². The van der Waals surface area contributed by atoms with Crippen molar-refractivity contribution in [1.29, 1.82) is 0 Å². The minimum absolute atomic E-state index is 0.0610. The van der Waals surface area contributed by atoms with Crippen LogP contribution in [-0.4, -0.2) is 25.1 Å². The van der Waals surface area contributed by atoms with E-state index in [1.165, 1.54) is 6.42 Å². The van der Waals surface area contributed by atoms with Crippen LogP contribution in [0.4, 0.5) is 0 Å². The summed E-state index contributed by atoms with van der Waals surface area (Å²) < 4.78 is 10.5. The summed E-state index contributed by atoms with van der Waals surface area (Å²) in [6, 6.07) is 7.16. The van der Waals surface area contributed by atoms with Gasteiger partial charge in [0.1, 0.15) is 17.8 Å². The van der Waals surface area contributed by atoms with Crippen LogP contribution in [0.25, 0.3) is 5.57 Å². The number of hydrogen-bond donors (Lipinski definition) is 0. The number of carbonyl (C=O) groups is 1. The maximum atomic E-state index is 11.9. The second kappa shape index (κ2) is 8.40. The Morgan fingerprint density at radius 1 is 1.14 bits per heavy atom. The van der Waals surface area contributed by atoms with Gasteiger partial charge < -0.3 is 9.47 Å². The number of ether oxygens (including phenoxy) is 2. The largest absolute Gasteiger partial charge is 0.497 e. The molecule has 0 amide bonds. The minimum atomic E-state index is -0.229. The molecule has 0 unspecified atom stereocenters. The lowest BCUT2D eigenvalue weighted by Gasteiger charge is -2.21. The van der Waals surface area contributed by atoms with Gasteiger partial charge in [-0.2, -0.15) is 0 Å². The van der Waals surface area contributed by atoms with Gasteiger partial charge in [0.2, 0.25) is 0 Å². The van der Waals surface area contributed by atoms with Crippen LogP contribution in [0.15, 0.2) is 24.3 Å². The van der Waals surface area contributed by atoms with E-state index >= 15 is 0 Å². The Morgan fingerprint density at radius 2 is 1.82 bits per heavy atom. The molecule has 0 heterocycles. The average Bonchev–Trinajstić information content (AvgIpc) is 2.57. The van der Waals surface area contributed by atoms with Crippen molar-refractivity contribution in [2.75, 3.05) is 7.11 Å². The molecule has 0 saturated heterocycles. The van der Waals surface area contributed by atoms with Gasteiger partial charge in [0.05, 0.1) is 13.5 Å². The first-order valence-electron chi connectivity index (χ1n) is 7.81. The molecule has 0 radical (unpaired) electrons. The molecule has 4 nitrogen and oxygen atoms in total. The van der Waals surface area contributed by atoms with Gasteiger partial charge in [-0.3, -0.25) is 4.79 Å². The van der Waals surface area contributed by atoms with Crippen molar-refractivity contribution in [3.8, 4) is 5.75 Å². The molecule has 0 aliphatic heterocycles. The summed E-state index contributed by atoms with van der Waals surface area (Å²) in [5.74, 6) is 2.43. The van der Waals surface area contributed by atoms with Crippen LogP contribution in [0.5, 0.6) is 5.75 Å². The number of rotatable bonds is 6. The normalized spacial score (nSPS) is 15.0. The second-order valence-corrected chi connectivity index (χ2v) is 5.56. The van der Waals surface area contributed by atoms with Crippen molar-refractivity contribution in [2.45, 2.75) is 51.0 Å². The zero-order valence-electron chi connectivity index (χ0n) is 13.0. The molecule has 118 valence electrons. The lowest BCUT2D eigenvalue weighted by Crippen LogP contribution is -2.20. The maximum absolute atomic E-state index is 11.9. The highest BCUT2D eigenvalue weighted by atomic mass is 16.5. The molecule has 1 aliphatic carbocycles. The van der Waals surface area contributed by atoms with Gasteiger partial charge in [0, 0.05) is 5.57 Å². The third kappa shape index (κ3) is 4.74. The van der Waals surface area contributed by atoms with Crippen molar-refractivity contribution in [3.63, 3.8) is 0 Å². The Hall–Kier alpha value is -2.06. The summed E-state index contributed by atoms with van der Waals surface area (Å²) in [7, 11) is 1.59. The van der Waals surface area contributed by atoms with Gasteiger partial charge in [0.15, 0.2) is 0 Å². The van der Waals surface area contributed by atoms with E-state index in [0.29, 0.717) is 12.0 Å². The monoisotopic (exact) mass is 302 g/mol. The van der Waals surface area contributed by atoms with Gasteiger partial charge in [-0.15, -0.1) is 0 Å². The summed E-state index contributed by atoms with van der Waals surface area (Å²) >= 11 is 0. The Bertz CT molecular complexity index is 535. The van der Waals surface area contributed by atoms with E-state index in [2.05, 4.69) is 0 Å². The van der Waals surface area contributed by atoms with Crippen LogP contribution in [0.3, 0.4) is 0 Å². The molecule has 2 rings (SSSR count). The SMILES string of the molecule is COc1ccc(C(=C=O)CCC(=O)OC2CCCCC2)cc1. The molecule has 1 aromatic rings. The van der Waals surface area contributed by atoms with E-state index in [1.54, 1.807) is 31.4 Å². The number of allylic oxidation sites excluding steroid dienone is 1. The molecular formula is C18H22O4. The minimum Gasteiger partial charge on any atom is -0.497 e. The fourth-order valence-corrected chi connectivity index (χ4v) is 2.70. The predicted octanol–water partition coefficient (Wildman–Crippen LogP) is 3.57. The molecule has 0 spiro atoms. The van der Waals surface area contributed by atoms with E-state index in [1.807, 2.05) is 5.94 Å². The van der Waals surface area contributed by atoms with E-state index < -0.39 is 0 Å². The molecule has 1 fully saturated rings. The van der Waals surface area contributed by atoms with Crippen LogP contribution in [0, 0.1) is 0 Å². The maximum Gasteiger partial charge on any atom is 0.306 e. The number of carbonyl (C=O) groups excluding carboxylic acids is 2. The van der Waals surface area contributed by atoms with Crippen LogP contribution >= 0.6 is 0 Å². The van der Waals surface area contributed by atoms with Gasteiger partial charge in [0.25, 0.3) is 0 Å². The first-order valence-corrected chi connectivity index (χ1v) is 7.81. The molecule has 1 aromatic carbocycles. The quantitative estimate of drug-likeness (QED) is 0.595. The highest BCUT2D eigenvalue weighted by Gasteiger charge is 2.18. The molecule has 0 N–H and O–H groups in total. The first kappa shape index (κ1) is 16.3. The van der Waals surface area contributed by atoms with Crippen molar-refractivity contribution >= 4 is 17.5 Å².